The van der Waals surface area contributed by atoms with Crippen LogP contribution in [0.1, 0.15) is 5.56 Å². The van der Waals surface area contributed by atoms with Crippen molar-refractivity contribution < 1.29 is 9.08 Å². The van der Waals surface area contributed by atoms with Gasteiger partial charge in [-0.2, -0.15) is 0 Å². The average Bonchev–Trinajstić information content (AvgIpc) is 2.09. The molecule has 56 valence electrons. The molecule has 0 bridgehead atoms. The topological polar surface area (TPSA) is 26.3 Å². The lowest BCUT2D eigenvalue weighted by atomic mass is 10.2. The number of hydrogen-bond acceptors (Lipinski definition) is 2. The predicted octanol–water partition coefficient (Wildman–Crippen LogP) is 2.03. The Balaban J connectivity index is 3.02. The van der Waals surface area contributed by atoms with Crippen molar-refractivity contribution in [2.75, 3.05) is 0 Å². The summed E-state index contributed by atoms with van der Waals surface area (Å²) in [5.74, 6) is 1.59. The van der Waals surface area contributed by atoms with Gasteiger partial charge in [0.1, 0.15) is 11.9 Å². The first kappa shape index (κ1) is 7.86. The Bertz CT molecular complexity index is 275. The lowest BCUT2D eigenvalue weighted by molar-refractivity contribution is 0.543. The summed E-state index contributed by atoms with van der Waals surface area (Å²) in [6, 6.07) is 8.82. The smallest absolute Gasteiger partial charge is 0.236 e. The van der Waals surface area contributed by atoms with Gasteiger partial charge in [0.05, 0.1) is 0 Å². The molecule has 0 saturated heterocycles. The molecule has 0 radical (unpaired) electrons. The van der Waals surface area contributed by atoms with E-state index in [2.05, 4.69) is 4.29 Å². The monoisotopic (exact) mass is 168 g/mol. The lowest BCUT2D eigenvalue weighted by Gasteiger charge is -1.95. The van der Waals surface area contributed by atoms with E-state index in [9.17, 15) is 4.79 Å². The highest BCUT2D eigenvalue weighted by atomic mass is 35.5. The average molecular weight is 169 g/mol. The van der Waals surface area contributed by atoms with Gasteiger partial charge in [-0.1, -0.05) is 30.3 Å². The van der Waals surface area contributed by atoms with Gasteiger partial charge in [0.2, 0.25) is 5.76 Å². The van der Waals surface area contributed by atoms with Gasteiger partial charge in [-0.3, -0.25) is 0 Å². The van der Waals surface area contributed by atoms with Crippen LogP contribution in [0.4, 0.5) is 0 Å². The maximum absolute atomic E-state index is 10.2. The quantitative estimate of drug-likeness (QED) is 0.499. The van der Waals surface area contributed by atoms with Crippen molar-refractivity contribution in [3.05, 3.63) is 35.9 Å². The molecule has 0 unspecified atom stereocenters. The Morgan fingerprint density at radius 3 is 2.45 bits per heavy atom. The molecule has 11 heavy (non-hydrogen) atoms. The molecule has 0 spiro atoms. The Labute approximate surface area is 69.2 Å². The van der Waals surface area contributed by atoms with Crippen molar-refractivity contribution in [1.82, 2.24) is 0 Å². The van der Waals surface area contributed by atoms with Crippen LogP contribution in [-0.4, -0.2) is 5.94 Å². The van der Waals surface area contributed by atoms with Crippen LogP contribution in [0.5, 0.6) is 0 Å². The maximum atomic E-state index is 10.2. The fourth-order valence-electron chi connectivity index (χ4n) is 0.709. The Morgan fingerprint density at radius 2 is 2.00 bits per heavy atom. The summed E-state index contributed by atoms with van der Waals surface area (Å²) in [6.07, 6.45) is 0. The van der Waals surface area contributed by atoms with Crippen molar-refractivity contribution >= 4 is 23.6 Å². The van der Waals surface area contributed by atoms with Crippen LogP contribution in [0.25, 0.3) is 5.76 Å². The number of halogens is 1. The molecule has 1 aromatic carbocycles. The van der Waals surface area contributed by atoms with Crippen molar-refractivity contribution in [2.24, 2.45) is 0 Å². The second-order valence-electron chi connectivity index (χ2n) is 1.87. The van der Waals surface area contributed by atoms with E-state index in [0.717, 1.165) is 0 Å². The largest absolute Gasteiger partial charge is 0.373 e. The van der Waals surface area contributed by atoms with Crippen LogP contribution in [0.15, 0.2) is 30.3 Å². The summed E-state index contributed by atoms with van der Waals surface area (Å²) in [5, 5.41) is 0. The Morgan fingerprint density at radius 1 is 1.36 bits per heavy atom. The summed E-state index contributed by atoms with van der Waals surface area (Å²) < 4.78 is 4.25. The molecule has 0 aliphatic heterocycles. The summed E-state index contributed by atoms with van der Waals surface area (Å²) >= 11 is 5.00. The molecule has 0 N–H and O–H groups in total. The minimum absolute atomic E-state index is 0.00673. The first-order chi connectivity index (χ1) is 5.38. The first-order valence-corrected chi connectivity index (χ1v) is 3.28. The van der Waals surface area contributed by atoms with Gasteiger partial charge < -0.3 is 4.29 Å². The third-order valence-electron chi connectivity index (χ3n) is 1.21. The normalized spacial score (nSPS) is 8.45. The van der Waals surface area contributed by atoms with Crippen molar-refractivity contribution in [2.45, 2.75) is 0 Å². The molecule has 0 aliphatic carbocycles. The highest BCUT2D eigenvalue weighted by Crippen LogP contribution is 2.12. The van der Waals surface area contributed by atoms with Gasteiger partial charge >= 0.3 is 0 Å². The number of carbonyl (C=O) groups excluding carboxylic acids is 1. The van der Waals surface area contributed by atoms with Crippen LogP contribution >= 0.6 is 11.9 Å². The van der Waals surface area contributed by atoms with E-state index < -0.39 is 0 Å². The van der Waals surface area contributed by atoms with E-state index in [1.54, 1.807) is 30.2 Å². The highest BCUT2D eigenvalue weighted by molar-refractivity contribution is 6.12. The van der Waals surface area contributed by atoms with Gasteiger partial charge in [0, 0.05) is 5.56 Å². The molecular weight excluding hydrogens is 164 g/mol. The van der Waals surface area contributed by atoms with E-state index in [-0.39, 0.29) is 5.76 Å². The van der Waals surface area contributed by atoms with E-state index >= 15 is 0 Å². The van der Waals surface area contributed by atoms with Crippen molar-refractivity contribution in [3.63, 3.8) is 0 Å². The Kier molecular flexibility index (Phi) is 2.73. The minimum atomic E-state index is 0.00673. The second kappa shape index (κ2) is 3.81. The summed E-state index contributed by atoms with van der Waals surface area (Å²) in [5.41, 5.74) is 0.623. The van der Waals surface area contributed by atoms with Crippen LogP contribution in [0.2, 0.25) is 0 Å². The molecule has 0 heterocycles. The third kappa shape index (κ3) is 1.84. The fraction of sp³-hybridized carbons (Fsp3) is 0. The molecule has 1 rings (SSSR count). The maximum Gasteiger partial charge on any atom is 0.236 e. The van der Waals surface area contributed by atoms with E-state index in [0.29, 0.717) is 5.56 Å². The lowest BCUT2D eigenvalue weighted by Crippen LogP contribution is -1.82. The third-order valence-corrected chi connectivity index (χ3v) is 1.36. The number of hydrogen-bond donors (Lipinski definition) is 0. The zero-order chi connectivity index (χ0) is 8.10. The van der Waals surface area contributed by atoms with Gasteiger partial charge in [0.15, 0.2) is 5.94 Å². The van der Waals surface area contributed by atoms with Crippen LogP contribution in [0, 0.1) is 0 Å². The minimum Gasteiger partial charge on any atom is -0.373 e. The van der Waals surface area contributed by atoms with E-state index in [1.807, 2.05) is 6.07 Å². The zero-order valence-corrected chi connectivity index (χ0v) is 6.34. The molecule has 0 atom stereocenters. The van der Waals surface area contributed by atoms with Crippen LogP contribution in [-0.2, 0) is 9.08 Å². The van der Waals surface area contributed by atoms with Gasteiger partial charge in [0.25, 0.3) is 0 Å². The highest BCUT2D eigenvalue weighted by Gasteiger charge is 2.00. The molecule has 1 aromatic rings. The van der Waals surface area contributed by atoms with Gasteiger partial charge in [-0.15, -0.1) is 0 Å². The molecular formula is C8H5ClO2. The summed E-state index contributed by atoms with van der Waals surface area (Å²) in [4.78, 5) is 10.2. The molecule has 2 nitrogen and oxygen atoms in total. The molecule has 0 amide bonds. The number of benzene rings is 1. The molecule has 0 fully saturated rings. The second-order valence-corrected chi connectivity index (χ2v) is 2.03. The molecule has 0 aromatic heterocycles. The van der Waals surface area contributed by atoms with Crippen LogP contribution in [0.3, 0.4) is 0 Å². The van der Waals surface area contributed by atoms with Crippen molar-refractivity contribution in [3.8, 4) is 0 Å². The molecule has 0 aliphatic rings. The summed E-state index contributed by atoms with van der Waals surface area (Å²) in [7, 11) is 0. The summed E-state index contributed by atoms with van der Waals surface area (Å²) in [6.45, 7) is 0. The van der Waals surface area contributed by atoms with Crippen molar-refractivity contribution in [1.29, 1.82) is 0 Å². The first-order valence-electron chi connectivity index (χ1n) is 2.97. The molecule has 3 heteroatoms. The SMILES string of the molecule is O=C=C(OCl)c1ccccc1. The fourth-order valence-corrected chi connectivity index (χ4v) is 0.829. The number of rotatable bonds is 2. The van der Waals surface area contributed by atoms with Crippen LogP contribution < -0.4 is 0 Å². The molecule has 0 saturated carbocycles. The Hall–Kier alpha value is -1.24. The van der Waals surface area contributed by atoms with E-state index in [1.165, 1.54) is 0 Å². The van der Waals surface area contributed by atoms with Gasteiger partial charge in [-0.05, 0) is 0 Å². The van der Waals surface area contributed by atoms with Gasteiger partial charge in [-0.25, -0.2) is 4.79 Å². The standard InChI is InChI=1S/C8H5ClO2/c9-11-8(6-10)7-4-2-1-3-5-7/h1-5H. The zero-order valence-electron chi connectivity index (χ0n) is 5.58. The van der Waals surface area contributed by atoms with E-state index in [4.69, 9.17) is 11.9 Å². The predicted molar refractivity (Wildman–Crippen MR) is 42.5 cm³/mol.